The minimum Gasteiger partial charge on any atom is -0.383 e. The lowest BCUT2D eigenvalue weighted by atomic mass is 9.77. The smallest absolute Gasteiger partial charge is 0.223 e. The number of hydrogen-bond donors (Lipinski definition) is 0. The summed E-state index contributed by atoms with van der Waals surface area (Å²) in [7, 11) is 1.72. The average Bonchev–Trinajstić information content (AvgIpc) is 3.16. The Morgan fingerprint density at radius 2 is 2.30 bits per heavy atom. The van der Waals surface area contributed by atoms with Crippen molar-refractivity contribution in [1.29, 1.82) is 0 Å². The molecule has 1 aromatic heterocycles. The second kappa shape index (κ2) is 7.32. The van der Waals surface area contributed by atoms with Gasteiger partial charge in [0.25, 0.3) is 0 Å². The second-order valence-electron chi connectivity index (χ2n) is 6.77. The van der Waals surface area contributed by atoms with Crippen molar-refractivity contribution in [3.05, 3.63) is 22.4 Å². The fourth-order valence-corrected chi connectivity index (χ4v) is 5.33. The SMILES string of the molecule is CC[C@H]1N(Cc2ccsc2)CCC[C@]12CCC(=O)N2CCOC. The van der Waals surface area contributed by atoms with Crippen molar-refractivity contribution < 1.29 is 9.53 Å². The summed E-state index contributed by atoms with van der Waals surface area (Å²) < 4.78 is 5.26. The maximum Gasteiger partial charge on any atom is 0.223 e. The lowest BCUT2D eigenvalue weighted by molar-refractivity contribution is -0.136. The van der Waals surface area contributed by atoms with Crippen LogP contribution in [-0.4, -0.2) is 54.1 Å². The number of amides is 1. The van der Waals surface area contributed by atoms with Gasteiger partial charge < -0.3 is 9.64 Å². The van der Waals surface area contributed by atoms with E-state index in [0.29, 0.717) is 25.0 Å². The van der Waals surface area contributed by atoms with Crippen LogP contribution in [0.15, 0.2) is 16.8 Å². The van der Waals surface area contributed by atoms with Crippen LogP contribution < -0.4 is 0 Å². The first-order valence-electron chi connectivity index (χ1n) is 8.76. The first kappa shape index (κ1) is 16.9. The number of piperidine rings is 1. The highest BCUT2D eigenvalue weighted by molar-refractivity contribution is 7.07. The Morgan fingerprint density at radius 1 is 1.43 bits per heavy atom. The Kier molecular flexibility index (Phi) is 5.39. The number of rotatable bonds is 6. The number of carbonyl (C=O) groups is 1. The predicted octanol–water partition coefficient (Wildman–Crippen LogP) is 3.13. The quantitative estimate of drug-likeness (QED) is 0.800. The Morgan fingerprint density at radius 3 is 3.00 bits per heavy atom. The van der Waals surface area contributed by atoms with Crippen LogP contribution in [0, 0.1) is 0 Å². The Bertz CT molecular complexity index is 519. The lowest BCUT2D eigenvalue weighted by Gasteiger charge is -2.52. The largest absolute Gasteiger partial charge is 0.383 e. The van der Waals surface area contributed by atoms with E-state index in [4.69, 9.17) is 4.74 Å². The number of nitrogens with zero attached hydrogens (tertiary/aromatic N) is 2. The fourth-order valence-electron chi connectivity index (χ4n) is 4.67. The molecule has 0 aromatic carbocycles. The van der Waals surface area contributed by atoms with Crippen LogP contribution in [0.25, 0.3) is 0 Å². The fraction of sp³-hybridized carbons (Fsp3) is 0.722. The molecule has 0 radical (unpaired) electrons. The molecule has 0 saturated carbocycles. The van der Waals surface area contributed by atoms with Crippen LogP contribution >= 0.6 is 11.3 Å². The minimum absolute atomic E-state index is 0.0264. The molecule has 0 aliphatic carbocycles. The van der Waals surface area contributed by atoms with Crippen LogP contribution in [0.3, 0.4) is 0 Å². The molecule has 0 bridgehead atoms. The zero-order valence-electron chi connectivity index (χ0n) is 14.3. The predicted molar refractivity (Wildman–Crippen MR) is 93.6 cm³/mol. The van der Waals surface area contributed by atoms with Gasteiger partial charge in [0.1, 0.15) is 0 Å². The summed E-state index contributed by atoms with van der Waals surface area (Å²) in [6, 6.07) is 2.68. The van der Waals surface area contributed by atoms with Gasteiger partial charge in [-0.3, -0.25) is 9.69 Å². The molecule has 2 aliphatic rings. The van der Waals surface area contributed by atoms with Crippen molar-refractivity contribution >= 4 is 17.2 Å². The van der Waals surface area contributed by atoms with E-state index in [1.807, 2.05) is 0 Å². The summed E-state index contributed by atoms with van der Waals surface area (Å²) in [6.45, 7) is 5.79. The maximum atomic E-state index is 12.5. The molecule has 5 heteroatoms. The highest BCUT2D eigenvalue weighted by Gasteiger charge is 2.52. The highest BCUT2D eigenvalue weighted by Crippen LogP contribution is 2.43. The monoisotopic (exact) mass is 336 g/mol. The van der Waals surface area contributed by atoms with Gasteiger partial charge >= 0.3 is 0 Å². The van der Waals surface area contributed by atoms with Gasteiger partial charge in [-0.1, -0.05) is 6.92 Å². The highest BCUT2D eigenvalue weighted by atomic mass is 32.1. The minimum atomic E-state index is 0.0264. The molecule has 2 aliphatic heterocycles. The van der Waals surface area contributed by atoms with Gasteiger partial charge in [0.05, 0.1) is 12.1 Å². The summed E-state index contributed by atoms with van der Waals surface area (Å²) in [5.41, 5.74) is 1.43. The summed E-state index contributed by atoms with van der Waals surface area (Å²) >= 11 is 1.77. The molecule has 1 spiro atoms. The Hall–Kier alpha value is -0.910. The van der Waals surface area contributed by atoms with Crippen molar-refractivity contribution in [2.45, 2.75) is 57.2 Å². The van der Waals surface area contributed by atoms with E-state index in [2.05, 4.69) is 33.6 Å². The molecule has 1 aromatic rings. The molecule has 3 rings (SSSR count). The molecule has 0 N–H and O–H groups in total. The van der Waals surface area contributed by atoms with E-state index in [-0.39, 0.29) is 5.54 Å². The zero-order valence-corrected chi connectivity index (χ0v) is 15.1. The normalized spacial score (nSPS) is 28.9. The topological polar surface area (TPSA) is 32.8 Å². The first-order valence-corrected chi connectivity index (χ1v) is 9.70. The van der Waals surface area contributed by atoms with Crippen molar-refractivity contribution in [2.75, 3.05) is 26.8 Å². The van der Waals surface area contributed by atoms with Crippen LogP contribution in [0.4, 0.5) is 0 Å². The standard InChI is InChI=1S/C18H28N2O2S/c1-3-16-18(8-5-17(21)20(18)10-11-22-2)7-4-9-19(16)13-15-6-12-23-14-15/h6,12,14,16H,3-5,7-11,13H2,1-2H3/t16-,18+/m1/s1. The molecule has 2 fully saturated rings. The number of carbonyl (C=O) groups excluding carboxylic acids is 1. The molecule has 2 saturated heterocycles. The molecule has 23 heavy (non-hydrogen) atoms. The number of ether oxygens (including phenoxy) is 1. The molecular formula is C18H28N2O2S. The summed E-state index contributed by atoms with van der Waals surface area (Å²) in [6.07, 6.45) is 5.13. The van der Waals surface area contributed by atoms with Gasteiger partial charge in [0.15, 0.2) is 0 Å². The van der Waals surface area contributed by atoms with Crippen LogP contribution in [0.2, 0.25) is 0 Å². The molecule has 1 amide bonds. The third-order valence-electron chi connectivity index (χ3n) is 5.60. The molecule has 2 atom stereocenters. The molecule has 4 nitrogen and oxygen atoms in total. The number of likely N-dealkylation sites (tertiary alicyclic amines) is 2. The number of methoxy groups -OCH3 is 1. The van der Waals surface area contributed by atoms with Crippen LogP contribution in [-0.2, 0) is 16.1 Å². The number of thiophene rings is 1. The molecule has 0 unspecified atom stereocenters. The van der Waals surface area contributed by atoms with Gasteiger partial charge in [0.2, 0.25) is 5.91 Å². The van der Waals surface area contributed by atoms with Crippen molar-refractivity contribution in [3.63, 3.8) is 0 Å². The van der Waals surface area contributed by atoms with Gasteiger partial charge in [-0.15, -0.1) is 0 Å². The van der Waals surface area contributed by atoms with Gasteiger partial charge in [-0.05, 0) is 54.6 Å². The third-order valence-corrected chi connectivity index (χ3v) is 6.33. The lowest BCUT2D eigenvalue weighted by Crippen LogP contribution is -2.63. The van der Waals surface area contributed by atoms with E-state index in [1.165, 1.54) is 12.0 Å². The summed E-state index contributed by atoms with van der Waals surface area (Å²) in [5, 5.41) is 4.40. The van der Waals surface area contributed by atoms with E-state index >= 15 is 0 Å². The van der Waals surface area contributed by atoms with Gasteiger partial charge in [0, 0.05) is 32.7 Å². The maximum absolute atomic E-state index is 12.5. The van der Waals surface area contributed by atoms with Crippen molar-refractivity contribution in [3.8, 4) is 0 Å². The zero-order chi connectivity index (χ0) is 16.3. The second-order valence-corrected chi connectivity index (χ2v) is 7.55. The average molecular weight is 337 g/mol. The third kappa shape index (κ3) is 3.19. The number of hydrogen-bond acceptors (Lipinski definition) is 4. The van der Waals surface area contributed by atoms with E-state index in [0.717, 1.165) is 38.9 Å². The molecule has 128 valence electrons. The van der Waals surface area contributed by atoms with Crippen LogP contribution in [0.1, 0.15) is 44.6 Å². The Labute approximate surface area is 143 Å². The van der Waals surface area contributed by atoms with E-state index in [9.17, 15) is 4.79 Å². The molecule has 3 heterocycles. The van der Waals surface area contributed by atoms with Crippen molar-refractivity contribution in [1.82, 2.24) is 9.80 Å². The Balaban J connectivity index is 1.82. The molecular weight excluding hydrogens is 308 g/mol. The first-order chi connectivity index (χ1) is 11.2. The van der Waals surface area contributed by atoms with Gasteiger partial charge in [-0.25, -0.2) is 0 Å². The van der Waals surface area contributed by atoms with Crippen molar-refractivity contribution in [2.24, 2.45) is 0 Å². The van der Waals surface area contributed by atoms with Gasteiger partial charge in [-0.2, -0.15) is 11.3 Å². The van der Waals surface area contributed by atoms with E-state index in [1.54, 1.807) is 18.4 Å². The summed E-state index contributed by atoms with van der Waals surface area (Å²) in [4.78, 5) is 17.3. The van der Waals surface area contributed by atoms with Crippen LogP contribution in [0.5, 0.6) is 0 Å². The van der Waals surface area contributed by atoms with E-state index < -0.39 is 0 Å². The summed E-state index contributed by atoms with van der Waals surface area (Å²) in [5.74, 6) is 0.317.